The second kappa shape index (κ2) is 15.1. The molecule has 4 aromatic carbocycles. The van der Waals surface area contributed by atoms with Gasteiger partial charge in [-0.2, -0.15) is 0 Å². The van der Waals surface area contributed by atoms with Crippen LogP contribution in [0.4, 0.5) is 5.69 Å². The van der Waals surface area contributed by atoms with Crippen LogP contribution in [-0.4, -0.2) is 21.6 Å². The Morgan fingerprint density at radius 2 is 1.35 bits per heavy atom. The molecular weight excluding hydrogens is 568 g/mol. The van der Waals surface area contributed by atoms with Gasteiger partial charge < -0.3 is 10.4 Å². The van der Waals surface area contributed by atoms with E-state index in [-0.39, 0.29) is 18.4 Å². The van der Waals surface area contributed by atoms with Crippen LogP contribution in [0.3, 0.4) is 0 Å². The number of nitrogens with one attached hydrogen (secondary N) is 1. The Morgan fingerprint density at radius 3 is 1.93 bits per heavy atom. The highest BCUT2D eigenvalue weighted by Gasteiger charge is 2.18. The Hall–Kier alpha value is -4.64. The number of fused-ring (bicyclic) bond motifs is 1. The highest BCUT2D eigenvalue weighted by Crippen LogP contribution is 2.30. The highest BCUT2D eigenvalue weighted by atomic mass is 16.4. The first-order valence-corrected chi connectivity index (χ1v) is 16.6. The SMILES string of the molecule is CC(C)Cc1ccc(C(Nc2cccc(C(=O)n3cc(CCCCC(=O)O)c4ccccc43)c2)c2ccc(CC(C)C)cc2)cc1. The molecule has 1 heterocycles. The number of aryl methyl sites for hydroxylation is 1. The van der Waals surface area contributed by atoms with Crippen LogP contribution in [0.5, 0.6) is 0 Å². The zero-order valence-electron chi connectivity index (χ0n) is 27.5. The van der Waals surface area contributed by atoms with Crippen LogP contribution < -0.4 is 5.32 Å². The van der Waals surface area contributed by atoms with E-state index in [9.17, 15) is 9.59 Å². The summed E-state index contributed by atoms with van der Waals surface area (Å²) >= 11 is 0. The number of para-hydroxylation sites is 1. The number of carbonyl (C=O) groups is 2. The van der Waals surface area contributed by atoms with Crippen LogP contribution in [0, 0.1) is 11.8 Å². The van der Waals surface area contributed by atoms with Crippen LogP contribution in [0.15, 0.2) is 103 Å². The second-order valence-electron chi connectivity index (χ2n) is 13.3. The number of hydrogen-bond acceptors (Lipinski definition) is 3. The predicted molar refractivity (Wildman–Crippen MR) is 189 cm³/mol. The number of rotatable bonds is 14. The monoisotopic (exact) mass is 614 g/mol. The molecule has 0 fully saturated rings. The lowest BCUT2D eigenvalue weighted by molar-refractivity contribution is -0.137. The molecule has 0 aliphatic rings. The van der Waals surface area contributed by atoms with Gasteiger partial charge in [0.1, 0.15) is 0 Å². The maximum atomic E-state index is 14.0. The van der Waals surface area contributed by atoms with Gasteiger partial charge >= 0.3 is 5.97 Å². The van der Waals surface area contributed by atoms with Gasteiger partial charge in [-0.25, -0.2) is 0 Å². The number of carboxylic acid groups (broad SMARTS) is 1. The van der Waals surface area contributed by atoms with Crippen LogP contribution in [0.2, 0.25) is 0 Å². The number of hydrogen-bond donors (Lipinski definition) is 2. The number of carbonyl (C=O) groups excluding carboxylic acids is 1. The third-order valence-electron chi connectivity index (χ3n) is 8.43. The first-order chi connectivity index (χ1) is 22.2. The summed E-state index contributed by atoms with van der Waals surface area (Å²) < 4.78 is 1.74. The summed E-state index contributed by atoms with van der Waals surface area (Å²) in [5, 5.41) is 13.8. The minimum absolute atomic E-state index is 0.0867. The summed E-state index contributed by atoms with van der Waals surface area (Å²) in [7, 11) is 0. The Balaban J connectivity index is 1.43. The van der Waals surface area contributed by atoms with Gasteiger partial charge in [-0.05, 0) is 96.0 Å². The first-order valence-electron chi connectivity index (χ1n) is 16.6. The lowest BCUT2D eigenvalue weighted by Gasteiger charge is -2.22. The van der Waals surface area contributed by atoms with Gasteiger partial charge in [-0.3, -0.25) is 14.2 Å². The molecule has 0 spiro atoms. The Morgan fingerprint density at radius 1 is 0.739 bits per heavy atom. The van der Waals surface area contributed by atoms with E-state index in [0.717, 1.165) is 47.8 Å². The zero-order chi connectivity index (χ0) is 32.6. The molecule has 0 amide bonds. The van der Waals surface area contributed by atoms with Crippen molar-refractivity contribution < 1.29 is 14.7 Å². The number of nitrogens with zero attached hydrogens (tertiary/aromatic N) is 1. The molecule has 0 saturated carbocycles. The Bertz CT molecular complexity index is 1710. The summed E-state index contributed by atoms with van der Waals surface area (Å²) in [5.41, 5.74) is 8.40. The van der Waals surface area contributed by atoms with Crippen molar-refractivity contribution >= 4 is 28.5 Å². The summed E-state index contributed by atoms with van der Waals surface area (Å²) in [5.74, 6) is 0.321. The molecule has 0 aliphatic carbocycles. The number of anilines is 1. The first kappa shape index (κ1) is 32.7. The van der Waals surface area contributed by atoms with Gasteiger partial charge in [0.2, 0.25) is 0 Å². The summed E-state index contributed by atoms with van der Waals surface area (Å²) in [4.78, 5) is 25.0. The number of unbranched alkanes of at least 4 members (excludes halogenated alkanes) is 1. The van der Waals surface area contributed by atoms with Crippen molar-refractivity contribution in [2.75, 3.05) is 5.32 Å². The van der Waals surface area contributed by atoms with E-state index in [1.165, 1.54) is 22.3 Å². The number of benzene rings is 4. The molecule has 0 bridgehead atoms. The molecule has 2 N–H and O–H groups in total. The zero-order valence-corrected chi connectivity index (χ0v) is 27.5. The number of aromatic nitrogens is 1. The molecule has 1 aromatic heterocycles. The molecule has 5 aromatic rings. The second-order valence-corrected chi connectivity index (χ2v) is 13.3. The fourth-order valence-electron chi connectivity index (χ4n) is 6.25. The number of aliphatic carboxylic acids is 1. The van der Waals surface area contributed by atoms with Gasteiger partial charge in [-0.1, -0.05) is 100 Å². The lowest BCUT2D eigenvalue weighted by Crippen LogP contribution is -2.14. The Labute approximate surface area is 273 Å². The van der Waals surface area contributed by atoms with E-state index in [0.29, 0.717) is 23.8 Å². The average Bonchev–Trinajstić information content (AvgIpc) is 3.40. The summed E-state index contributed by atoms with van der Waals surface area (Å²) in [6.07, 6.45) is 6.26. The van der Waals surface area contributed by atoms with E-state index in [2.05, 4.69) is 81.5 Å². The molecule has 0 unspecified atom stereocenters. The third kappa shape index (κ3) is 8.33. The molecule has 0 saturated heterocycles. The predicted octanol–water partition coefficient (Wildman–Crippen LogP) is 9.73. The van der Waals surface area contributed by atoms with Crippen molar-refractivity contribution in [1.29, 1.82) is 0 Å². The molecular formula is C41H46N2O3. The van der Waals surface area contributed by atoms with Gasteiger partial charge in [-0.15, -0.1) is 0 Å². The third-order valence-corrected chi connectivity index (χ3v) is 8.43. The van der Waals surface area contributed by atoms with Gasteiger partial charge in [0.25, 0.3) is 5.91 Å². The van der Waals surface area contributed by atoms with Crippen molar-refractivity contribution in [2.45, 2.75) is 72.3 Å². The van der Waals surface area contributed by atoms with Crippen molar-refractivity contribution in [3.8, 4) is 0 Å². The van der Waals surface area contributed by atoms with E-state index >= 15 is 0 Å². The number of carboxylic acids is 1. The van der Waals surface area contributed by atoms with Crippen molar-refractivity contribution in [1.82, 2.24) is 4.57 Å². The van der Waals surface area contributed by atoms with Crippen LogP contribution in [-0.2, 0) is 24.1 Å². The quantitative estimate of drug-likeness (QED) is 0.122. The fourth-order valence-corrected chi connectivity index (χ4v) is 6.25. The largest absolute Gasteiger partial charge is 0.481 e. The summed E-state index contributed by atoms with van der Waals surface area (Å²) in [6, 6.07) is 33.4. The summed E-state index contributed by atoms with van der Waals surface area (Å²) in [6.45, 7) is 8.96. The standard InChI is InChI=1S/C41H46N2O3/c1-28(2)24-30-16-20-32(21-17-30)40(33-22-18-31(19-23-33)25-29(3)4)42-36-12-9-11-34(26-36)41(46)43-27-35(10-5-8-15-39(44)45)37-13-6-7-14-38(37)43/h6-7,9,11-14,16-23,26-29,40,42H,5,8,10,15,24-25H2,1-4H3,(H,44,45). The van der Waals surface area contributed by atoms with E-state index in [1.807, 2.05) is 54.7 Å². The molecule has 5 rings (SSSR count). The molecule has 0 atom stereocenters. The maximum absolute atomic E-state index is 14.0. The normalized spacial score (nSPS) is 11.5. The molecule has 5 heteroatoms. The van der Waals surface area contributed by atoms with E-state index < -0.39 is 5.97 Å². The molecule has 0 aliphatic heterocycles. The van der Waals surface area contributed by atoms with Crippen molar-refractivity contribution in [3.63, 3.8) is 0 Å². The Kier molecular flexibility index (Phi) is 10.7. The van der Waals surface area contributed by atoms with Gasteiger partial charge in [0, 0.05) is 29.3 Å². The molecule has 46 heavy (non-hydrogen) atoms. The van der Waals surface area contributed by atoms with Crippen LogP contribution in [0.1, 0.15) is 91.2 Å². The lowest BCUT2D eigenvalue weighted by atomic mass is 9.93. The van der Waals surface area contributed by atoms with Crippen LogP contribution >= 0.6 is 0 Å². The van der Waals surface area contributed by atoms with Gasteiger partial charge in [0.05, 0.1) is 11.6 Å². The minimum atomic E-state index is -0.778. The van der Waals surface area contributed by atoms with Gasteiger partial charge in [0.15, 0.2) is 0 Å². The average molecular weight is 615 g/mol. The highest BCUT2D eigenvalue weighted by molar-refractivity contribution is 6.03. The van der Waals surface area contributed by atoms with E-state index in [4.69, 9.17) is 5.11 Å². The topological polar surface area (TPSA) is 71.3 Å². The minimum Gasteiger partial charge on any atom is -0.481 e. The molecule has 5 nitrogen and oxygen atoms in total. The van der Waals surface area contributed by atoms with Crippen molar-refractivity contribution in [3.05, 3.63) is 137 Å². The molecule has 238 valence electrons. The fraction of sp³-hybridized carbons (Fsp3) is 0.317. The molecule has 0 radical (unpaired) electrons. The van der Waals surface area contributed by atoms with Crippen LogP contribution in [0.25, 0.3) is 10.9 Å². The maximum Gasteiger partial charge on any atom is 0.303 e. The van der Waals surface area contributed by atoms with Crippen molar-refractivity contribution in [2.24, 2.45) is 11.8 Å². The smallest absolute Gasteiger partial charge is 0.303 e. The van der Waals surface area contributed by atoms with E-state index in [1.54, 1.807) is 4.57 Å².